The minimum Gasteiger partial charge on any atom is -0.494 e. The van der Waals surface area contributed by atoms with E-state index in [0.717, 1.165) is 12.2 Å². The van der Waals surface area contributed by atoms with Crippen molar-refractivity contribution >= 4 is 0 Å². The average Bonchev–Trinajstić information content (AvgIpc) is 2.48. The van der Waals surface area contributed by atoms with Crippen LogP contribution in [0.15, 0.2) is 18.2 Å². The normalized spacial score (nSPS) is 14.3. The van der Waals surface area contributed by atoms with Crippen LogP contribution in [0, 0.1) is 11.8 Å². The summed E-state index contributed by atoms with van der Waals surface area (Å²) >= 11 is 0. The van der Waals surface area contributed by atoms with Gasteiger partial charge >= 0.3 is 0 Å². The van der Waals surface area contributed by atoms with Crippen molar-refractivity contribution in [2.75, 3.05) is 19.7 Å². The van der Waals surface area contributed by atoms with Crippen molar-refractivity contribution in [1.29, 1.82) is 0 Å². The van der Waals surface area contributed by atoms with E-state index in [0.29, 0.717) is 37.5 Å². The van der Waals surface area contributed by atoms with Gasteiger partial charge in [0.15, 0.2) is 0 Å². The summed E-state index contributed by atoms with van der Waals surface area (Å²) in [7, 11) is 0. The highest BCUT2D eigenvalue weighted by atomic mass is 16.5. The first-order valence-electron chi connectivity index (χ1n) is 7.74. The van der Waals surface area contributed by atoms with E-state index >= 15 is 0 Å². The first kappa shape index (κ1) is 17.0. The van der Waals surface area contributed by atoms with E-state index in [2.05, 4.69) is 39.0 Å². The molecule has 0 heterocycles. The van der Waals surface area contributed by atoms with Crippen molar-refractivity contribution in [2.24, 2.45) is 23.3 Å². The van der Waals surface area contributed by atoms with E-state index in [9.17, 15) is 0 Å². The molecule has 2 atom stereocenters. The van der Waals surface area contributed by atoms with Crippen LogP contribution >= 0.6 is 0 Å². The van der Waals surface area contributed by atoms with Gasteiger partial charge in [-0.25, -0.2) is 0 Å². The molecule has 1 aromatic rings. The molecular formula is C17H30N2O. The molecule has 0 saturated heterocycles. The summed E-state index contributed by atoms with van der Waals surface area (Å²) in [5, 5.41) is 0. The molecule has 0 radical (unpaired) electrons. The predicted molar refractivity (Wildman–Crippen MR) is 86.2 cm³/mol. The highest BCUT2D eigenvalue weighted by Gasteiger charge is 2.24. The number of hydrogen-bond acceptors (Lipinski definition) is 3. The fourth-order valence-corrected chi connectivity index (χ4v) is 2.68. The van der Waals surface area contributed by atoms with Crippen LogP contribution in [-0.2, 0) is 6.42 Å². The van der Waals surface area contributed by atoms with Gasteiger partial charge in [-0.2, -0.15) is 0 Å². The third kappa shape index (κ3) is 3.97. The van der Waals surface area contributed by atoms with Crippen LogP contribution in [0.3, 0.4) is 0 Å². The minimum absolute atomic E-state index is 0.352. The number of aryl methyl sites for hydroxylation is 1. The molecule has 0 aromatic heterocycles. The zero-order valence-corrected chi connectivity index (χ0v) is 13.4. The molecule has 1 rings (SSSR count). The van der Waals surface area contributed by atoms with Crippen LogP contribution in [-0.4, -0.2) is 19.7 Å². The fourth-order valence-electron chi connectivity index (χ4n) is 2.68. The van der Waals surface area contributed by atoms with Gasteiger partial charge in [-0.1, -0.05) is 32.9 Å². The second-order valence-corrected chi connectivity index (χ2v) is 5.54. The summed E-state index contributed by atoms with van der Waals surface area (Å²) < 4.78 is 5.79. The van der Waals surface area contributed by atoms with E-state index in [4.69, 9.17) is 16.2 Å². The quantitative estimate of drug-likeness (QED) is 0.768. The lowest BCUT2D eigenvalue weighted by Gasteiger charge is -2.29. The molecule has 3 nitrogen and oxygen atoms in total. The second-order valence-electron chi connectivity index (χ2n) is 5.54. The number of hydrogen-bond donors (Lipinski definition) is 2. The maximum absolute atomic E-state index is 5.84. The Morgan fingerprint density at radius 1 is 1.10 bits per heavy atom. The van der Waals surface area contributed by atoms with Crippen molar-refractivity contribution in [3.05, 3.63) is 29.3 Å². The topological polar surface area (TPSA) is 61.3 Å². The minimum atomic E-state index is 0.352. The smallest absolute Gasteiger partial charge is 0.122 e. The van der Waals surface area contributed by atoms with Crippen LogP contribution in [0.2, 0.25) is 0 Å². The van der Waals surface area contributed by atoms with Gasteiger partial charge in [-0.15, -0.1) is 0 Å². The lowest BCUT2D eigenvalue weighted by atomic mass is 9.79. The van der Waals surface area contributed by atoms with Crippen molar-refractivity contribution in [3.8, 4) is 5.75 Å². The molecule has 0 spiro atoms. The standard InChI is InChI=1S/C17H30N2O/c1-5-14-7-8-17(20-6-2)16(9-14)13(4)12(3)15(10-18)11-19/h7-9,12-13,15H,5-6,10-11,18-19H2,1-4H3. The molecule has 0 saturated carbocycles. The lowest BCUT2D eigenvalue weighted by molar-refractivity contribution is 0.304. The van der Waals surface area contributed by atoms with Gasteiger partial charge in [-0.3, -0.25) is 0 Å². The van der Waals surface area contributed by atoms with Crippen LogP contribution in [0.1, 0.15) is 44.7 Å². The van der Waals surface area contributed by atoms with Crippen molar-refractivity contribution in [2.45, 2.75) is 40.0 Å². The molecule has 0 aliphatic rings. The van der Waals surface area contributed by atoms with Gasteiger partial charge in [0.1, 0.15) is 5.75 Å². The highest BCUT2D eigenvalue weighted by molar-refractivity contribution is 5.40. The first-order chi connectivity index (χ1) is 9.58. The van der Waals surface area contributed by atoms with E-state index in [1.807, 2.05) is 6.92 Å². The molecule has 20 heavy (non-hydrogen) atoms. The number of rotatable bonds is 8. The second kappa shape index (κ2) is 8.28. The Hall–Kier alpha value is -1.06. The van der Waals surface area contributed by atoms with Crippen LogP contribution in [0.25, 0.3) is 0 Å². The molecule has 3 heteroatoms. The Balaban J connectivity index is 3.07. The Kier molecular flexibility index (Phi) is 7.03. The number of nitrogens with two attached hydrogens (primary N) is 2. The molecule has 1 aromatic carbocycles. The van der Waals surface area contributed by atoms with E-state index in [1.54, 1.807) is 0 Å². The van der Waals surface area contributed by atoms with Gasteiger partial charge in [0.05, 0.1) is 6.61 Å². The summed E-state index contributed by atoms with van der Waals surface area (Å²) in [6, 6.07) is 6.52. The Morgan fingerprint density at radius 2 is 1.75 bits per heavy atom. The zero-order chi connectivity index (χ0) is 15.1. The molecule has 0 fully saturated rings. The summed E-state index contributed by atoms with van der Waals surface area (Å²) in [4.78, 5) is 0. The molecule has 0 aliphatic carbocycles. The van der Waals surface area contributed by atoms with Gasteiger partial charge in [0.25, 0.3) is 0 Å². The van der Waals surface area contributed by atoms with E-state index < -0.39 is 0 Å². The van der Waals surface area contributed by atoms with E-state index in [-0.39, 0.29) is 0 Å². The third-order valence-corrected chi connectivity index (χ3v) is 4.41. The van der Waals surface area contributed by atoms with Crippen molar-refractivity contribution in [1.82, 2.24) is 0 Å². The predicted octanol–water partition coefficient (Wildman–Crippen LogP) is 2.92. The monoisotopic (exact) mass is 278 g/mol. The van der Waals surface area contributed by atoms with Crippen LogP contribution in [0.5, 0.6) is 5.75 Å². The maximum Gasteiger partial charge on any atom is 0.122 e. The number of benzene rings is 1. The van der Waals surface area contributed by atoms with Crippen molar-refractivity contribution in [3.63, 3.8) is 0 Å². The SMILES string of the molecule is CCOc1ccc(CC)cc1C(C)C(C)C(CN)CN. The summed E-state index contributed by atoms with van der Waals surface area (Å²) in [5.74, 6) is 2.18. The summed E-state index contributed by atoms with van der Waals surface area (Å²) in [5.41, 5.74) is 14.3. The Morgan fingerprint density at radius 3 is 2.25 bits per heavy atom. The lowest BCUT2D eigenvalue weighted by Crippen LogP contribution is -2.31. The molecule has 0 amide bonds. The van der Waals surface area contributed by atoms with Crippen LogP contribution in [0.4, 0.5) is 0 Å². The molecule has 4 N–H and O–H groups in total. The van der Waals surface area contributed by atoms with Crippen LogP contribution < -0.4 is 16.2 Å². The Labute approximate surface area is 123 Å². The fraction of sp³-hybridized carbons (Fsp3) is 0.647. The third-order valence-electron chi connectivity index (χ3n) is 4.41. The average molecular weight is 278 g/mol. The summed E-state index contributed by atoms with van der Waals surface area (Å²) in [6.45, 7) is 10.7. The Bertz CT molecular complexity index is 402. The molecule has 0 aliphatic heterocycles. The van der Waals surface area contributed by atoms with Gasteiger partial charge in [0.2, 0.25) is 0 Å². The van der Waals surface area contributed by atoms with Gasteiger partial charge in [0, 0.05) is 0 Å². The molecule has 2 unspecified atom stereocenters. The van der Waals surface area contributed by atoms with E-state index in [1.165, 1.54) is 11.1 Å². The highest BCUT2D eigenvalue weighted by Crippen LogP contribution is 2.35. The molecular weight excluding hydrogens is 248 g/mol. The first-order valence-corrected chi connectivity index (χ1v) is 7.74. The number of ether oxygens (including phenoxy) is 1. The van der Waals surface area contributed by atoms with Gasteiger partial charge < -0.3 is 16.2 Å². The molecule has 114 valence electrons. The van der Waals surface area contributed by atoms with Crippen molar-refractivity contribution < 1.29 is 4.74 Å². The maximum atomic E-state index is 5.84. The largest absolute Gasteiger partial charge is 0.494 e. The zero-order valence-electron chi connectivity index (χ0n) is 13.4. The molecule has 0 bridgehead atoms. The van der Waals surface area contributed by atoms with Gasteiger partial charge in [-0.05, 0) is 61.4 Å². The summed E-state index contributed by atoms with van der Waals surface area (Å²) in [6.07, 6.45) is 1.04.